The Kier molecular flexibility index (Phi) is 3.73. The lowest BCUT2D eigenvalue weighted by molar-refractivity contribution is -0.140. The van der Waals surface area contributed by atoms with Crippen molar-refractivity contribution in [2.24, 2.45) is 11.7 Å². The number of carbonyl (C=O) groups is 1. The first-order valence-corrected chi connectivity index (χ1v) is 6.77. The number of piperidine rings is 1. The Morgan fingerprint density at radius 3 is 2.94 bits per heavy atom. The van der Waals surface area contributed by atoms with Crippen LogP contribution in [0.15, 0.2) is 0 Å². The molecule has 0 aromatic heterocycles. The summed E-state index contributed by atoms with van der Waals surface area (Å²) in [6, 6.07) is -0.353. The zero-order valence-electron chi connectivity index (χ0n) is 10.7. The first-order valence-electron chi connectivity index (χ1n) is 6.77. The van der Waals surface area contributed by atoms with E-state index in [1.807, 2.05) is 0 Å². The second-order valence-corrected chi connectivity index (χ2v) is 5.93. The number of amides is 1. The quantitative estimate of drug-likeness (QED) is 0.753. The van der Waals surface area contributed by atoms with Gasteiger partial charge in [-0.3, -0.25) is 4.79 Å². The standard InChI is InChI=1S/C13H24N2O2/c1-10-4-2-6-13(17,8-10)9-15-7-3-5-11(14)12(15)16/h10-11,17H,2-9,14H2,1H3. The monoisotopic (exact) mass is 240 g/mol. The van der Waals surface area contributed by atoms with E-state index in [0.717, 1.165) is 38.6 Å². The van der Waals surface area contributed by atoms with Crippen LogP contribution in [0.25, 0.3) is 0 Å². The molecule has 2 fully saturated rings. The highest BCUT2D eigenvalue weighted by molar-refractivity contribution is 5.82. The summed E-state index contributed by atoms with van der Waals surface area (Å²) < 4.78 is 0. The minimum Gasteiger partial charge on any atom is -0.388 e. The van der Waals surface area contributed by atoms with E-state index in [0.29, 0.717) is 12.5 Å². The third kappa shape index (κ3) is 2.99. The van der Waals surface area contributed by atoms with Gasteiger partial charge in [-0.05, 0) is 31.6 Å². The van der Waals surface area contributed by atoms with Gasteiger partial charge in [-0.25, -0.2) is 0 Å². The Labute approximate surface area is 103 Å². The average Bonchev–Trinajstić information content (AvgIpc) is 2.24. The summed E-state index contributed by atoms with van der Waals surface area (Å²) >= 11 is 0. The summed E-state index contributed by atoms with van der Waals surface area (Å²) in [6.07, 6.45) is 5.62. The van der Waals surface area contributed by atoms with E-state index < -0.39 is 5.60 Å². The highest BCUT2D eigenvalue weighted by atomic mass is 16.3. The normalized spacial score (nSPS) is 39.5. The van der Waals surface area contributed by atoms with E-state index in [-0.39, 0.29) is 11.9 Å². The molecule has 3 N–H and O–H groups in total. The SMILES string of the molecule is CC1CCCC(O)(CN2CCCC(N)C2=O)C1. The van der Waals surface area contributed by atoms with Gasteiger partial charge < -0.3 is 15.7 Å². The maximum absolute atomic E-state index is 11.9. The maximum Gasteiger partial charge on any atom is 0.239 e. The van der Waals surface area contributed by atoms with Gasteiger partial charge in [0.2, 0.25) is 5.91 Å². The molecule has 0 bridgehead atoms. The van der Waals surface area contributed by atoms with Crippen LogP contribution < -0.4 is 5.73 Å². The summed E-state index contributed by atoms with van der Waals surface area (Å²) in [5, 5.41) is 10.6. The van der Waals surface area contributed by atoms with Gasteiger partial charge in [-0.15, -0.1) is 0 Å². The number of nitrogens with two attached hydrogens (primary N) is 1. The second kappa shape index (κ2) is 4.94. The van der Waals surface area contributed by atoms with E-state index in [1.165, 1.54) is 6.42 Å². The summed E-state index contributed by atoms with van der Waals surface area (Å²) in [5.41, 5.74) is 5.10. The number of likely N-dealkylation sites (tertiary alicyclic amines) is 1. The summed E-state index contributed by atoms with van der Waals surface area (Å²) in [6.45, 7) is 3.40. The van der Waals surface area contributed by atoms with Gasteiger partial charge in [0, 0.05) is 13.1 Å². The van der Waals surface area contributed by atoms with Crippen LogP contribution in [-0.4, -0.2) is 40.6 Å². The largest absolute Gasteiger partial charge is 0.388 e. The second-order valence-electron chi connectivity index (χ2n) is 5.93. The smallest absolute Gasteiger partial charge is 0.239 e. The number of rotatable bonds is 2. The van der Waals surface area contributed by atoms with Gasteiger partial charge in [0.1, 0.15) is 0 Å². The van der Waals surface area contributed by atoms with Crippen LogP contribution in [-0.2, 0) is 4.79 Å². The molecule has 98 valence electrons. The third-order valence-corrected chi connectivity index (χ3v) is 4.12. The molecule has 2 aliphatic rings. The molecule has 0 spiro atoms. The van der Waals surface area contributed by atoms with Crippen molar-refractivity contribution in [3.8, 4) is 0 Å². The van der Waals surface area contributed by atoms with Crippen LogP contribution >= 0.6 is 0 Å². The zero-order valence-corrected chi connectivity index (χ0v) is 10.7. The first-order chi connectivity index (χ1) is 8.00. The van der Waals surface area contributed by atoms with Crippen molar-refractivity contribution < 1.29 is 9.90 Å². The molecule has 1 amide bonds. The number of β-amino-alcohol motifs (C(OH)–C–C–N with tert-alkyl or cyclic N) is 1. The fourth-order valence-corrected chi connectivity index (χ4v) is 3.26. The van der Waals surface area contributed by atoms with Crippen molar-refractivity contribution in [1.29, 1.82) is 0 Å². The first kappa shape index (κ1) is 12.8. The van der Waals surface area contributed by atoms with E-state index in [1.54, 1.807) is 4.90 Å². The number of carbonyl (C=O) groups excluding carboxylic acids is 1. The Bertz CT molecular complexity index is 295. The molecule has 0 radical (unpaired) electrons. The van der Waals surface area contributed by atoms with Crippen LogP contribution in [0.5, 0.6) is 0 Å². The Morgan fingerprint density at radius 1 is 1.47 bits per heavy atom. The fraction of sp³-hybridized carbons (Fsp3) is 0.923. The molecule has 1 aliphatic carbocycles. The third-order valence-electron chi connectivity index (χ3n) is 4.12. The molecule has 1 saturated heterocycles. The summed E-state index contributed by atoms with van der Waals surface area (Å²) in [5.74, 6) is 0.574. The number of hydrogen-bond acceptors (Lipinski definition) is 3. The highest BCUT2D eigenvalue weighted by Crippen LogP contribution is 2.33. The molecular formula is C13H24N2O2. The van der Waals surface area contributed by atoms with E-state index in [2.05, 4.69) is 6.92 Å². The van der Waals surface area contributed by atoms with Crippen LogP contribution in [0.4, 0.5) is 0 Å². The van der Waals surface area contributed by atoms with Gasteiger partial charge in [0.15, 0.2) is 0 Å². The average molecular weight is 240 g/mol. The van der Waals surface area contributed by atoms with Gasteiger partial charge >= 0.3 is 0 Å². The van der Waals surface area contributed by atoms with Crippen molar-refractivity contribution in [2.45, 2.75) is 57.1 Å². The minimum atomic E-state index is -0.676. The van der Waals surface area contributed by atoms with Crippen molar-refractivity contribution in [3.05, 3.63) is 0 Å². The molecule has 2 rings (SSSR count). The summed E-state index contributed by atoms with van der Waals surface area (Å²) in [4.78, 5) is 13.7. The van der Waals surface area contributed by atoms with Crippen molar-refractivity contribution in [3.63, 3.8) is 0 Å². The molecule has 1 aliphatic heterocycles. The van der Waals surface area contributed by atoms with E-state index in [4.69, 9.17) is 5.73 Å². The zero-order chi connectivity index (χ0) is 12.5. The number of hydrogen-bond donors (Lipinski definition) is 2. The molecule has 17 heavy (non-hydrogen) atoms. The molecule has 4 nitrogen and oxygen atoms in total. The van der Waals surface area contributed by atoms with E-state index in [9.17, 15) is 9.90 Å². The molecule has 1 heterocycles. The van der Waals surface area contributed by atoms with Crippen molar-refractivity contribution in [2.75, 3.05) is 13.1 Å². The summed E-state index contributed by atoms with van der Waals surface area (Å²) in [7, 11) is 0. The Morgan fingerprint density at radius 2 is 2.24 bits per heavy atom. The number of aliphatic hydroxyl groups is 1. The Hall–Kier alpha value is -0.610. The van der Waals surface area contributed by atoms with E-state index >= 15 is 0 Å². The van der Waals surface area contributed by atoms with Crippen LogP contribution in [0.3, 0.4) is 0 Å². The van der Waals surface area contributed by atoms with Gasteiger partial charge in [0.05, 0.1) is 11.6 Å². The van der Waals surface area contributed by atoms with Crippen molar-refractivity contribution in [1.82, 2.24) is 4.90 Å². The predicted octanol–water partition coefficient (Wildman–Crippen LogP) is 0.877. The number of nitrogens with zero attached hydrogens (tertiary/aromatic N) is 1. The molecule has 3 unspecified atom stereocenters. The maximum atomic E-state index is 11.9. The van der Waals surface area contributed by atoms with Gasteiger partial charge in [-0.1, -0.05) is 19.8 Å². The topological polar surface area (TPSA) is 66.6 Å². The van der Waals surface area contributed by atoms with Gasteiger partial charge in [-0.2, -0.15) is 0 Å². The van der Waals surface area contributed by atoms with Crippen LogP contribution in [0, 0.1) is 5.92 Å². The molecule has 0 aromatic rings. The van der Waals surface area contributed by atoms with Crippen LogP contribution in [0.2, 0.25) is 0 Å². The molecule has 1 saturated carbocycles. The lowest BCUT2D eigenvalue weighted by Crippen LogP contribution is -2.54. The highest BCUT2D eigenvalue weighted by Gasteiger charge is 2.37. The molecular weight excluding hydrogens is 216 g/mol. The lowest BCUT2D eigenvalue weighted by Gasteiger charge is -2.41. The molecule has 3 atom stereocenters. The molecule has 0 aromatic carbocycles. The lowest BCUT2D eigenvalue weighted by atomic mass is 9.78. The van der Waals surface area contributed by atoms with Crippen LogP contribution in [0.1, 0.15) is 45.4 Å². The van der Waals surface area contributed by atoms with Crippen molar-refractivity contribution >= 4 is 5.91 Å². The minimum absolute atomic E-state index is 0.0166. The molecule has 4 heteroatoms. The fourth-order valence-electron chi connectivity index (χ4n) is 3.26. The Balaban J connectivity index is 1.97. The predicted molar refractivity (Wildman–Crippen MR) is 66.4 cm³/mol. The van der Waals surface area contributed by atoms with Gasteiger partial charge in [0.25, 0.3) is 0 Å².